The van der Waals surface area contributed by atoms with Crippen molar-refractivity contribution in [2.75, 3.05) is 6.61 Å². The second-order valence-corrected chi connectivity index (χ2v) is 5.78. The first-order valence-corrected chi connectivity index (χ1v) is 7.53. The summed E-state index contributed by atoms with van der Waals surface area (Å²) in [4.78, 5) is 0. The lowest BCUT2D eigenvalue weighted by Gasteiger charge is -2.37. The molecule has 0 amide bonds. The van der Waals surface area contributed by atoms with E-state index in [1.165, 1.54) is 6.07 Å². The lowest BCUT2D eigenvalue weighted by atomic mass is 9.87. The Morgan fingerprint density at radius 1 is 1.45 bits per heavy atom. The smallest absolute Gasteiger partial charge is 0.141 e. The van der Waals surface area contributed by atoms with Crippen LogP contribution in [0.25, 0.3) is 0 Å². The van der Waals surface area contributed by atoms with Crippen LogP contribution in [0.15, 0.2) is 18.2 Å². The minimum atomic E-state index is -0.395. The van der Waals surface area contributed by atoms with Crippen LogP contribution in [0.2, 0.25) is 5.02 Å². The fourth-order valence-electron chi connectivity index (χ4n) is 3.15. The average molecular weight is 301 g/mol. The molecular formula is C15H22ClFN2O. The van der Waals surface area contributed by atoms with Gasteiger partial charge >= 0.3 is 0 Å². The molecule has 1 aliphatic carbocycles. The summed E-state index contributed by atoms with van der Waals surface area (Å²) in [5, 5.41) is 0.148. The van der Waals surface area contributed by atoms with Crippen LogP contribution in [0, 0.1) is 5.82 Å². The zero-order chi connectivity index (χ0) is 14.6. The highest BCUT2D eigenvalue weighted by Crippen LogP contribution is 2.37. The summed E-state index contributed by atoms with van der Waals surface area (Å²) in [5.41, 5.74) is 3.64. The molecule has 0 saturated heterocycles. The van der Waals surface area contributed by atoms with Crippen molar-refractivity contribution in [1.29, 1.82) is 0 Å². The van der Waals surface area contributed by atoms with Gasteiger partial charge in [-0.3, -0.25) is 11.3 Å². The molecular weight excluding hydrogens is 279 g/mol. The predicted molar refractivity (Wildman–Crippen MR) is 79.1 cm³/mol. The molecule has 1 saturated carbocycles. The van der Waals surface area contributed by atoms with Crippen molar-refractivity contribution in [3.63, 3.8) is 0 Å². The monoisotopic (exact) mass is 300 g/mol. The number of ether oxygens (including phenoxy) is 1. The van der Waals surface area contributed by atoms with Crippen molar-refractivity contribution in [2.45, 2.75) is 50.7 Å². The van der Waals surface area contributed by atoms with Crippen LogP contribution in [0.1, 0.15) is 38.2 Å². The summed E-state index contributed by atoms with van der Waals surface area (Å²) < 4.78 is 19.2. The van der Waals surface area contributed by atoms with Gasteiger partial charge in [0.25, 0.3) is 0 Å². The SMILES string of the molecule is CCOC1(C(Cc2ccc(F)c(Cl)c2)NN)CCCC1. The van der Waals surface area contributed by atoms with E-state index in [2.05, 4.69) is 5.43 Å². The van der Waals surface area contributed by atoms with Crippen molar-refractivity contribution >= 4 is 11.6 Å². The van der Waals surface area contributed by atoms with Crippen LogP contribution in [0.5, 0.6) is 0 Å². The Bertz CT molecular complexity index is 449. The van der Waals surface area contributed by atoms with E-state index in [4.69, 9.17) is 22.2 Å². The molecule has 0 radical (unpaired) electrons. The Morgan fingerprint density at radius 2 is 2.15 bits per heavy atom. The van der Waals surface area contributed by atoms with Crippen LogP contribution in [0.3, 0.4) is 0 Å². The van der Waals surface area contributed by atoms with Gasteiger partial charge in [-0.1, -0.05) is 30.5 Å². The molecule has 3 N–H and O–H groups in total. The van der Waals surface area contributed by atoms with E-state index in [0.29, 0.717) is 13.0 Å². The van der Waals surface area contributed by atoms with Gasteiger partial charge in [-0.2, -0.15) is 0 Å². The molecule has 5 heteroatoms. The third-order valence-electron chi connectivity index (χ3n) is 4.14. The number of benzene rings is 1. The molecule has 0 aliphatic heterocycles. The number of nitrogens with one attached hydrogen (secondary N) is 1. The molecule has 0 aromatic heterocycles. The highest BCUT2D eigenvalue weighted by atomic mass is 35.5. The summed E-state index contributed by atoms with van der Waals surface area (Å²) in [7, 11) is 0. The summed E-state index contributed by atoms with van der Waals surface area (Å²) in [6.45, 7) is 2.67. The molecule has 1 unspecified atom stereocenters. The standard InChI is InChI=1S/C15H22ClFN2O/c1-2-20-15(7-3-4-8-15)14(19-18)10-11-5-6-13(17)12(16)9-11/h5-6,9,14,19H,2-4,7-8,10,18H2,1H3. The number of halogens is 2. The van der Waals surface area contributed by atoms with E-state index < -0.39 is 5.82 Å². The van der Waals surface area contributed by atoms with Crippen LogP contribution in [-0.4, -0.2) is 18.2 Å². The molecule has 1 aromatic rings. The largest absolute Gasteiger partial charge is 0.374 e. The van der Waals surface area contributed by atoms with E-state index in [9.17, 15) is 4.39 Å². The lowest BCUT2D eigenvalue weighted by Crippen LogP contribution is -2.54. The number of nitrogens with two attached hydrogens (primary N) is 1. The van der Waals surface area contributed by atoms with E-state index in [0.717, 1.165) is 31.2 Å². The van der Waals surface area contributed by atoms with Crippen LogP contribution < -0.4 is 11.3 Å². The fraction of sp³-hybridized carbons (Fsp3) is 0.600. The van der Waals surface area contributed by atoms with Gasteiger partial charge in [-0.05, 0) is 43.9 Å². The fourth-order valence-corrected chi connectivity index (χ4v) is 3.36. The molecule has 3 nitrogen and oxygen atoms in total. The second kappa shape index (κ2) is 6.85. The van der Waals surface area contributed by atoms with Crippen molar-refractivity contribution < 1.29 is 9.13 Å². The van der Waals surface area contributed by atoms with Gasteiger partial charge in [0, 0.05) is 6.61 Å². The third-order valence-corrected chi connectivity index (χ3v) is 4.43. The maximum atomic E-state index is 13.2. The molecule has 0 bridgehead atoms. The van der Waals surface area contributed by atoms with Crippen LogP contribution in [0.4, 0.5) is 4.39 Å². The highest BCUT2D eigenvalue weighted by Gasteiger charge is 2.41. The molecule has 1 fully saturated rings. The number of rotatable bonds is 6. The van der Waals surface area contributed by atoms with E-state index in [-0.39, 0.29) is 16.7 Å². The normalized spacial score (nSPS) is 19.2. The number of hydrogen-bond donors (Lipinski definition) is 2. The molecule has 112 valence electrons. The topological polar surface area (TPSA) is 47.3 Å². The van der Waals surface area contributed by atoms with Crippen molar-refractivity contribution in [2.24, 2.45) is 5.84 Å². The molecule has 20 heavy (non-hydrogen) atoms. The second-order valence-electron chi connectivity index (χ2n) is 5.38. The summed E-state index contributed by atoms with van der Waals surface area (Å²) in [6, 6.07) is 4.81. The Hall–Kier alpha value is -0.680. The minimum Gasteiger partial charge on any atom is -0.374 e. The minimum absolute atomic E-state index is 0.00600. The quantitative estimate of drug-likeness (QED) is 0.626. The summed E-state index contributed by atoms with van der Waals surface area (Å²) in [5.74, 6) is 5.35. The zero-order valence-corrected chi connectivity index (χ0v) is 12.5. The lowest BCUT2D eigenvalue weighted by molar-refractivity contribution is -0.0613. The van der Waals surface area contributed by atoms with Crippen molar-refractivity contribution in [3.8, 4) is 0 Å². The Kier molecular flexibility index (Phi) is 5.38. The van der Waals surface area contributed by atoms with Crippen LogP contribution >= 0.6 is 11.6 Å². The van der Waals surface area contributed by atoms with E-state index in [1.54, 1.807) is 12.1 Å². The van der Waals surface area contributed by atoms with Gasteiger partial charge in [0.1, 0.15) is 5.82 Å². The van der Waals surface area contributed by atoms with Gasteiger partial charge in [0.2, 0.25) is 0 Å². The first-order chi connectivity index (χ1) is 9.61. The van der Waals surface area contributed by atoms with Gasteiger partial charge in [0.05, 0.1) is 16.7 Å². The van der Waals surface area contributed by atoms with Crippen LogP contribution in [-0.2, 0) is 11.2 Å². The van der Waals surface area contributed by atoms with Gasteiger partial charge in [0.15, 0.2) is 0 Å². The third kappa shape index (κ3) is 3.31. The van der Waals surface area contributed by atoms with Crippen molar-refractivity contribution in [1.82, 2.24) is 5.43 Å². The summed E-state index contributed by atoms with van der Waals surface area (Å²) >= 11 is 5.84. The molecule has 0 heterocycles. The summed E-state index contributed by atoms with van der Waals surface area (Å²) in [6.07, 6.45) is 5.00. The van der Waals surface area contributed by atoms with E-state index >= 15 is 0 Å². The maximum absolute atomic E-state index is 13.2. The van der Waals surface area contributed by atoms with Gasteiger partial charge in [-0.25, -0.2) is 4.39 Å². The predicted octanol–water partition coefficient (Wildman–Crippen LogP) is 3.20. The number of hydrazine groups is 1. The van der Waals surface area contributed by atoms with Gasteiger partial charge in [-0.15, -0.1) is 0 Å². The van der Waals surface area contributed by atoms with E-state index in [1.807, 2.05) is 6.92 Å². The van der Waals surface area contributed by atoms with Crippen molar-refractivity contribution in [3.05, 3.63) is 34.6 Å². The Labute approximate surface area is 124 Å². The zero-order valence-electron chi connectivity index (χ0n) is 11.8. The first-order valence-electron chi connectivity index (χ1n) is 7.15. The molecule has 1 aromatic carbocycles. The number of hydrogen-bond acceptors (Lipinski definition) is 3. The first kappa shape index (κ1) is 15.7. The molecule has 0 spiro atoms. The highest BCUT2D eigenvalue weighted by molar-refractivity contribution is 6.30. The average Bonchev–Trinajstić information content (AvgIpc) is 2.90. The molecule has 1 atom stereocenters. The maximum Gasteiger partial charge on any atom is 0.141 e. The molecule has 2 rings (SSSR count). The Balaban J connectivity index is 2.16. The van der Waals surface area contributed by atoms with Gasteiger partial charge < -0.3 is 4.74 Å². The Morgan fingerprint density at radius 3 is 2.70 bits per heavy atom. The molecule has 1 aliphatic rings.